The van der Waals surface area contributed by atoms with Crippen LogP contribution in [0.15, 0.2) is 48.4 Å². The highest BCUT2D eigenvalue weighted by Crippen LogP contribution is 2.44. The number of carboxylic acid groups (broad SMARTS) is 1. The van der Waals surface area contributed by atoms with E-state index in [2.05, 4.69) is 15.6 Å². The summed E-state index contributed by atoms with van der Waals surface area (Å²) < 4.78 is 19.8. The highest BCUT2D eigenvalue weighted by molar-refractivity contribution is 6.32. The summed E-state index contributed by atoms with van der Waals surface area (Å²) in [6.45, 7) is 3.10. The third-order valence-electron chi connectivity index (χ3n) is 5.14. The summed E-state index contributed by atoms with van der Waals surface area (Å²) in [4.78, 5) is 27.8. The Hall–Kier alpha value is -3.72. The summed E-state index contributed by atoms with van der Waals surface area (Å²) in [5.74, 6) is -1.39. The summed E-state index contributed by atoms with van der Waals surface area (Å²) in [6, 6.07) is 6.24. The molecule has 0 fully saturated rings. The number of nitrogens with zero attached hydrogens (tertiary/aromatic N) is 1. The Morgan fingerprint density at radius 3 is 2.74 bits per heavy atom. The van der Waals surface area contributed by atoms with E-state index in [-0.39, 0.29) is 11.5 Å². The van der Waals surface area contributed by atoms with E-state index in [0.717, 1.165) is 5.57 Å². The fourth-order valence-corrected chi connectivity index (χ4v) is 3.60. The first-order valence-corrected chi connectivity index (χ1v) is 9.53. The first-order chi connectivity index (χ1) is 14.7. The van der Waals surface area contributed by atoms with Gasteiger partial charge in [0.05, 0.1) is 12.2 Å². The van der Waals surface area contributed by atoms with Crippen molar-refractivity contribution in [2.24, 2.45) is 0 Å². The molecule has 0 aliphatic carbocycles. The third-order valence-corrected chi connectivity index (χ3v) is 5.14. The largest absolute Gasteiger partial charge is 0.482 e. The van der Waals surface area contributed by atoms with Crippen molar-refractivity contribution in [1.29, 1.82) is 0 Å². The van der Waals surface area contributed by atoms with Crippen molar-refractivity contribution in [3.05, 3.63) is 65.3 Å². The number of hydrogen-bond acceptors (Lipinski definition) is 6. The molecule has 0 radical (unpaired) electrons. The number of aliphatic carboxylic acids is 1. The minimum atomic E-state index is -1.19. The number of ether oxygens (including phenoxy) is 1. The van der Waals surface area contributed by atoms with E-state index < -0.39 is 30.0 Å². The number of hydrogen-bond donors (Lipinski definition) is 4. The number of carbonyl (C=O) groups is 2. The van der Waals surface area contributed by atoms with E-state index >= 15 is 0 Å². The number of rotatable bonds is 5. The monoisotopic (exact) mass is 425 g/mol. The molecular formula is C22H20FN3O5. The lowest BCUT2D eigenvalue weighted by atomic mass is 9.93. The van der Waals surface area contributed by atoms with Crippen LogP contribution in [-0.2, 0) is 14.3 Å². The van der Waals surface area contributed by atoms with Gasteiger partial charge in [0.1, 0.15) is 29.0 Å². The normalized spacial score (nSPS) is 19.9. The predicted molar refractivity (Wildman–Crippen MR) is 111 cm³/mol. The number of aliphatic hydroxyl groups is 1. The standard InChI is InChI=1S/C22H20FN3O5/c1-22(2)14(11-3-6-18(24-9-11)25-16(10-27)21(29)30)8-17(31-22)19-13-7-12(23)4-5-15(13)26-20(19)28/h3-9,16,27H,10H2,1-2H3,(H,24,25)(H,26,28)(H,29,30)/t16-/m1/s1. The number of halogens is 1. The van der Waals surface area contributed by atoms with Gasteiger partial charge in [-0.1, -0.05) is 0 Å². The number of amides is 1. The van der Waals surface area contributed by atoms with Crippen LogP contribution in [0, 0.1) is 5.82 Å². The van der Waals surface area contributed by atoms with Crippen molar-refractivity contribution >= 4 is 34.5 Å². The van der Waals surface area contributed by atoms with Gasteiger partial charge in [-0.05, 0) is 50.3 Å². The van der Waals surface area contributed by atoms with Gasteiger partial charge in [0.15, 0.2) is 0 Å². The quantitative estimate of drug-likeness (QED) is 0.544. The molecule has 0 spiro atoms. The maximum absolute atomic E-state index is 13.8. The zero-order chi connectivity index (χ0) is 22.3. The first kappa shape index (κ1) is 20.5. The second-order valence-electron chi connectivity index (χ2n) is 7.70. The molecule has 2 aromatic rings. The van der Waals surface area contributed by atoms with Gasteiger partial charge >= 0.3 is 5.97 Å². The van der Waals surface area contributed by atoms with Crippen LogP contribution >= 0.6 is 0 Å². The van der Waals surface area contributed by atoms with Crippen molar-refractivity contribution in [2.75, 3.05) is 17.2 Å². The van der Waals surface area contributed by atoms with E-state index in [1.807, 2.05) is 13.8 Å². The van der Waals surface area contributed by atoms with E-state index in [0.29, 0.717) is 28.4 Å². The van der Waals surface area contributed by atoms with Crippen molar-refractivity contribution in [3.8, 4) is 0 Å². The van der Waals surface area contributed by atoms with Crippen LogP contribution in [0.25, 0.3) is 11.1 Å². The number of pyridine rings is 1. The number of benzene rings is 1. The van der Waals surface area contributed by atoms with Gasteiger partial charge in [-0.25, -0.2) is 14.2 Å². The molecule has 8 nitrogen and oxygen atoms in total. The van der Waals surface area contributed by atoms with E-state index in [1.165, 1.54) is 18.2 Å². The average molecular weight is 425 g/mol. The highest BCUT2D eigenvalue weighted by atomic mass is 19.1. The predicted octanol–water partition coefficient (Wildman–Crippen LogP) is 2.63. The minimum absolute atomic E-state index is 0.260. The van der Waals surface area contributed by atoms with Gasteiger partial charge < -0.3 is 25.6 Å². The Balaban J connectivity index is 1.69. The maximum atomic E-state index is 13.8. The molecule has 1 aromatic heterocycles. The van der Waals surface area contributed by atoms with Crippen LogP contribution in [0.4, 0.5) is 15.9 Å². The number of aliphatic hydroxyl groups excluding tert-OH is 1. The molecule has 1 amide bonds. The molecule has 2 aliphatic heterocycles. The zero-order valence-electron chi connectivity index (χ0n) is 16.8. The molecule has 4 N–H and O–H groups in total. The number of aromatic nitrogens is 1. The SMILES string of the molecule is CC1(C)OC(=C2C(=O)Nc3ccc(F)cc32)C=C1c1ccc(N[C@H](CO)C(=O)O)nc1. The Kier molecular flexibility index (Phi) is 4.98. The minimum Gasteiger partial charge on any atom is -0.482 e. The lowest BCUT2D eigenvalue weighted by molar-refractivity contribution is -0.138. The summed E-state index contributed by atoms with van der Waals surface area (Å²) in [6.07, 6.45) is 3.28. The van der Waals surface area contributed by atoms with Crippen LogP contribution in [0.2, 0.25) is 0 Å². The Bertz CT molecular complexity index is 1140. The van der Waals surface area contributed by atoms with Crippen molar-refractivity contribution < 1.29 is 28.9 Å². The topological polar surface area (TPSA) is 121 Å². The molecule has 0 saturated heterocycles. The molecule has 0 saturated carbocycles. The molecule has 31 heavy (non-hydrogen) atoms. The lowest BCUT2D eigenvalue weighted by Crippen LogP contribution is -2.33. The maximum Gasteiger partial charge on any atom is 0.328 e. The van der Waals surface area contributed by atoms with Crippen LogP contribution in [0.5, 0.6) is 0 Å². The number of nitrogens with one attached hydrogen (secondary N) is 2. The summed E-state index contributed by atoms with van der Waals surface area (Å²) in [5.41, 5.74) is 1.89. The molecule has 1 atom stereocenters. The number of anilines is 2. The van der Waals surface area contributed by atoms with Gasteiger partial charge in [0.25, 0.3) is 5.91 Å². The second-order valence-corrected chi connectivity index (χ2v) is 7.70. The zero-order valence-corrected chi connectivity index (χ0v) is 16.8. The number of allylic oxidation sites excluding steroid dienone is 1. The van der Waals surface area contributed by atoms with E-state index in [1.54, 1.807) is 24.4 Å². The van der Waals surface area contributed by atoms with Gasteiger partial charge in [-0.15, -0.1) is 0 Å². The Morgan fingerprint density at radius 2 is 2.10 bits per heavy atom. The molecule has 3 heterocycles. The highest BCUT2D eigenvalue weighted by Gasteiger charge is 2.38. The van der Waals surface area contributed by atoms with Crippen molar-refractivity contribution in [3.63, 3.8) is 0 Å². The molecule has 4 rings (SSSR count). The second kappa shape index (κ2) is 7.51. The molecule has 9 heteroatoms. The lowest BCUT2D eigenvalue weighted by Gasteiger charge is -2.23. The van der Waals surface area contributed by atoms with Gasteiger partial charge in [-0.3, -0.25) is 4.79 Å². The Morgan fingerprint density at radius 1 is 1.32 bits per heavy atom. The molecule has 160 valence electrons. The number of carbonyl (C=O) groups excluding carboxylic acids is 1. The third kappa shape index (κ3) is 3.75. The summed E-state index contributed by atoms with van der Waals surface area (Å²) >= 11 is 0. The molecule has 2 aliphatic rings. The fourth-order valence-electron chi connectivity index (χ4n) is 3.60. The average Bonchev–Trinajstić information content (AvgIpc) is 3.20. The van der Waals surface area contributed by atoms with Crippen LogP contribution < -0.4 is 10.6 Å². The number of carboxylic acids is 1. The van der Waals surface area contributed by atoms with E-state index in [9.17, 15) is 14.0 Å². The van der Waals surface area contributed by atoms with E-state index in [4.69, 9.17) is 14.9 Å². The van der Waals surface area contributed by atoms with Gasteiger partial charge in [0, 0.05) is 28.6 Å². The van der Waals surface area contributed by atoms with Crippen molar-refractivity contribution in [2.45, 2.75) is 25.5 Å². The summed E-state index contributed by atoms with van der Waals surface area (Å²) in [7, 11) is 0. The van der Waals surface area contributed by atoms with Crippen LogP contribution in [-0.4, -0.2) is 45.3 Å². The smallest absolute Gasteiger partial charge is 0.328 e. The molecular weight excluding hydrogens is 405 g/mol. The van der Waals surface area contributed by atoms with Crippen molar-refractivity contribution in [1.82, 2.24) is 4.98 Å². The molecule has 0 bridgehead atoms. The number of fused-ring (bicyclic) bond motifs is 1. The van der Waals surface area contributed by atoms with Crippen LogP contribution in [0.1, 0.15) is 25.0 Å². The van der Waals surface area contributed by atoms with Gasteiger partial charge in [-0.2, -0.15) is 0 Å². The van der Waals surface area contributed by atoms with Crippen LogP contribution in [0.3, 0.4) is 0 Å². The fraction of sp³-hybridized carbons (Fsp3) is 0.227. The molecule has 1 aromatic carbocycles. The Labute approximate surface area is 177 Å². The van der Waals surface area contributed by atoms with Gasteiger partial charge in [0.2, 0.25) is 0 Å². The summed E-state index contributed by atoms with van der Waals surface area (Å²) in [5, 5.41) is 23.5. The molecule has 0 unspecified atom stereocenters. The first-order valence-electron chi connectivity index (χ1n) is 9.53.